The van der Waals surface area contributed by atoms with E-state index in [-0.39, 0.29) is 5.84 Å². The zero-order valence-corrected chi connectivity index (χ0v) is 13.4. The van der Waals surface area contributed by atoms with Crippen LogP contribution in [0.3, 0.4) is 0 Å². The fraction of sp³-hybridized carbons (Fsp3) is 0.188. The molecule has 2 aromatic rings. The molecule has 0 amide bonds. The number of benzene rings is 2. The molecule has 0 saturated carbocycles. The fourth-order valence-electron chi connectivity index (χ4n) is 1.88. The van der Waals surface area contributed by atoms with E-state index in [1.807, 2.05) is 12.1 Å². The Morgan fingerprint density at radius 1 is 1.14 bits per heavy atom. The van der Waals surface area contributed by atoms with Crippen molar-refractivity contribution in [1.29, 1.82) is 0 Å². The van der Waals surface area contributed by atoms with E-state index in [4.69, 9.17) is 22.5 Å². The molecule has 0 spiro atoms. The number of amidine groups is 1. The molecule has 110 valence electrons. The van der Waals surface area contributed by atoms with Gasteiger partial charge in [-0.25, -0.2) is 0 Å². The van der Waals surface area contributed by atoms with E-state index in [0.717, 1.165) is 9.79 Å². The molecule has 0 atom stereocenters. The molecule has 0 fully saturated rings. The van der Waals surface area contributed by atoms with E-state index in [9.17, 15) is 0 Å². The van der Waals surface area contributed by atoms with Crippen LogP contribution >= 0.6 is 23.4 Å². The van der Waals surface area contributed by atoms with Crippen molar-refractivity contribution in [3.63, 3.8) is 0 Å². The number of halogens is 1. The Morgan fingerprint density at radius 3 is 2.29 bits per heavy atom. The van der Waals surface area contributed by atoms with Crippen molar-refractivity contribution in [2.75, 3.05) is 0 Å². The van der Waals surface area contributed by atoms with Gasteiger partial charge in [-0.3, -0.25) is 0 Å². The zero-order valence-electron chi connectivity index (χ0n) is 11.9. The Labute approximate surface area is 133 Å². The van der Waals surface area contributed by atoms with Crippen LogP contribution in [0.25, 0.3) is 0 Å². The molecule has 2 aromatic carbocycles. The Morgan fingerprint density at radius 2 is 1.76 bits per heavy atom. The first-order valence-electron chi connectivity index (χ1n) is 6.56. The Hall–Kier alpha value is -1.65. The van der Waals surface area contributed by atoms with Crippen LogP contribution in [0.2, 0.25) is 5.02 Å². The summed E-state index contributed by atoms with van der Waals surface area (Å²) in [6.07, 6.45) is 0. The van der Waals surface area contributed by atoms with Gasteiger partial charge in [0.15, 0.2) is 5.84 Å². The van der Waals surface area contributed by atoms with Gasteiger partial charge >= 0.3 is 0 Å². The lowest BCUT2D eigenvalue weighted by Crippen LogP contribution is -2.13. The van der Waals surface area contributed by atoms with Crippen molar-refractivity contribution >= 4 is 29.2 Å². The van der Waals surface area contributed by atoms with E-state index in [1.54, 1.807) is 17.8 Å². The van der Waals surface area contributed by atoms with Crippen molar-refractivity contribution in [1.82, 2.24) is 0 Å². The zero-order chi connectivity index (χ0) is 15.4. The lowest BCUT2D eigenvalue weighted by Gasteiger charge is -2.08. The van der Waals surface area contributed by atoms with Crippen molar-refractivity contribution in [2.45, 2.75) is 29.6 Å². The summed E-state index contributed by atoms with van der Waals surface area (Å²) >= 11 is 7.77. The van der Waals surface area contributed by atoms with Crippen LogP contribution in [0.5, 0.6) is 0 Å². The van der Waals surface area contributed by atoms with Crippen molar-refractivity contribution < 1.29 is 5.21 Å². The van der Waals surface area contributed by atoms with Crippen LogP contribution in [0.15, 0.2) is 57.4 Å². The molecule has 3 N–H and O–H groups in total. The highest BCUT2D eigenvalue weighted by molar-refractivity contribution is 7.99. The molecule has 0 aliphatic heterocycles. The van der Waals surface area contributed by atoms with Crippen molar-refractivity contribution in [2.24, 2.45) is 10.9 Å². The maximum atomic E-state index is 8.69. The van der Waals surface area contributed by atoms with E-state index in [1.165, 1.54) is 5.56 Å². The lowest BCUT2D eigenvalue weighted by molar-refractivity contribution is 0.318. The van der Waals surface area contributed by atoms with Crippen LogP contribution in [0.1, 0.15) is 30.9 Å². The van der Waals surface area contributed by atoms with Crippen LogP contribution < -0.4 is 5.73 Å². The first kappa shape index (κ1) is 15.7. The highest BCUT2D eigenvalue weighted by Crippen LogP contribution is 2.31. The first-order valence-corrected chi connectivity index (χ1v) is 7.76. The fourth-order valence-corrected chi connectivity index (χ4v) is 3.08. The second-order valence-corrected chi connectivity index (χ2v) is 6.51. The Bertz CT molecular complexity index is 654. The molecule has 21 heavy (non-hydrogen) atoms. The summed E-state index contributed by atoms with van der Waals surface area (Å²) in [5, 5.41) is 12.1. The topological polar surface area (TPSA) is 58.6 Å². The molecular formula is C16H17ClN2OS. The summed E-state index contributed by atoms with van der Waals surface area (Å²) in [6, 6.07) is 14.0. The summed E-state index contributed by atoms with van der Waals surface area (Å²) in [7, 11) is 0. The van der Waals surface area contributed by atoms with Gasteiger partial charge in [-0.2, -0.15) is 0 Å². The normalized spacial score (nSPS) is 11.9. The van der Waals surface area contributed by atoms with Gasteiger partial charge in [0.05, 0.1) is 5.02 Å². The van der Waals surface area contributed by atoms with Gasteiger partial charge in [-0.1, -0.05) is 54.5 Å². The first-order chi connectivity index (χ1) is 10.0. The van der Waals surface area contributed by atoms with Gasteiger partial charge < -0.3 is 10.9 Å². The maximum absolute atomic E-state index is 8.69. The average molecular weight is 321 g/mol. The third-order valence-electron chi connectivity index (χ3n) is 3.11. The van der Waals surface area contributed by atoms with Crippen molar-refractivity contribution in [3.05, 3.63) is 58.6 Å². The minimum atomic E-state index is 0.0119. The molecule has 3 nitrogen and oxygen atoms in total. The SMILES string of the molecule is CC(C)c1ccc(Sc2ccc(C(N)=NO)c(Cl)c2)cc1. The molecule has 5 heteroatoms. The third-order valence-corrected chi connectivity index (χ3v) is 4.42. The van der Waals surface area contributed by atoms with Gasteiger partial charge in [0.2, 0.25) is 0 Å². The molecule has 0 saturated heterocycles. The molecule has 0 unspecified atom stereocenters. The Kier molecular flexibility index (Phi) is 5.15. The minimum Gasteiger partial charge on any atom is -0.409 e. The monoisotopic (exact) mass is 320 g/mol. The molecular weight excluding hydrogens is 304 g/mol. The van der Waals surface area contributed by atoms with E-state index in [0.29, 0.717) is 16.5 Å². The number of rotatable bonds is 4. The lowest BCUT2D eigenvalue weighted by atomic mass is 10.0. The standard InChI is InChI=1S/C16H17ClN2OS/c1-10(2)11-3-5-12(6-4-11)21-13-7-8-14(15(17)9-13)16(18)19-20/h3-10,20H,1-2H3,(H2,18,19). The van der Waals surface area contributed by atoms with Gasteiger partial charge in [-0.05, 0) is 41.8 Å². The average Bonchev–Trinajstić information content (AvgIpc) is 2.47. The highest BCUT2D eigenvalue weighted by atomic mass is 35.5. The third kappa shape index (κ3) is 3.93. The van der Waals surface area contributed by atoms with Gasteiger partial charge in [0, 0.05) is 15.4 Å². The summed E-state index contributed by atoms with van der Waals surface area (Å²) < 4.78 is 0. The summed E-state index contributed by atoms with van der Waals surface area (Å²) in [6.45, 7) is 4.35. The van der Waals surface area contributed by atoms with Gasteiger partial charge in [-0.15, -0.1) is 0 Å². The molecule has 0 bridgehead atoms. The summed E-state index contributed by atoms with van der Waals surface area (Å²) in [4.78, 5) is 2.15. The smallest absolute Gasteiger partial charge is 0.171 e. The second kappa shape index (κ2) is 6.87. The van der Waals surface area contributed by atoms with E-state index >= 15 is 0 Å². The molecule has 0 radical (unpaired) electrons. The number of oxime groups is 1. The molecule has 0 aliphatic rings. The Balaban J connectivity index is 2.18. The summed E-state index contributed by atoms with van der Waals surface area (Å²) in [5.74, 6) is 0.538. The number of nitrogens with two attached hydrogens (primary N) is 1. The summed E-state index contributed by atoms with van der Waals surface area (Å²) in [5.41, 5.74) is 7.40. The van der Waals surface area contributed by atoms with Crippen LogP contribution in [0, 0.1) is 0 Å². The maximum Gasteiger partial charge on any atom is 0.171 e. The van der Waals surface area contributed by atoms with Crippen molar-refractivity contribution in [3.8, 4) is 0 Å². The van der Waals surface area contributed by atoms with Crippen LogP contribution in [0.4, 0.5) is 0 Å². The molecule has 0 aliphatic carbocycles. The highest BCUT2D eigenvalue weighted by Gasteiger charge is 2.07. The predicted molar refractivity (Wildman–Crippen MR) is 88.6 cm³/mol. The second-order valence-electron chi connectivity index (χ2n) is 4.95. The van der Waals surface area contributed by atoms with Crippen LogP contribution in [-0.4, -0.2) is 11.0 Å². The molecule has 0 heterocycles. The molecule has 0 aromatic heterocycles. The quantitative estimate of drug-likeness (QED) is 0.371. The van der Waals surface area contributed by atoms with Gasteiger partial charge in [0.25, 0.3) is 0 Å². The predicted octanol–water partition coefficient (Wildman–Crippen LogP) is 4.71. The number of hydrogen-bond acceptors (Lipinski definition) is 3. The molecule has 2 rings (SSSR count). The van der Waals surface area contributed by atoms with Gasteiger partial charge in [0.1, 0.15) is 0 Å². The van der Waals surface area contributed by atoms with E-state index < -0.39 is 0 Å². The van der Waals surface area contributed by atoms with E-state index in [2.05, 4.69) is 43.3 Å². The number of hydrogen-bond donors (Lipinski definition) is 2. The van der Waals surface area contributed by atoms with Crippen LogP contribution in [-0.2, 0) is 0 Å². The largest absolute Gasteiger partial charge is 0.409 e. The number of nitrogens with zero attached hydrogens (tertiary/aromatic N) is 1. The minimum absolute atomic E-state index is 0.0119.